The van der Waals surface area contributed by atoms with Crippen molar-refractivity contribution < 1.29 is 19.1 Å². The minimum atomic E-state index is -0.727. The number of nitrogens with two attached hydrogens (primary N) is 1. The van der Waals surface area contributed by atoms with Crippen LogP contribution in [0.1, 0.15) is 36.5 Å². The van der Waals surface area contributed by atoms with E-state index in [0.29, 0.717) is 31.3 Å². The summed E-state index contributed by atoms with van der Waals surface area (Å²) in [4.78, 5) is 36.5. The number of benzene rings is 1. The Labute approximate surface area is 194 Å². The molecule has 10 heteroatoms. The number of carbonyl (C=O) groups is 2. The number of pyridine rings is 1. The summed E-state index contributed by atoms with van der Waals surface area (Å²) in [6, 6.07) is 5.65. The molecule has 1 saturated heterocycles. The average molecular weight is 468 g/mol. The zero-order chi connectivity index (χ0) is 22.9. The molecule has 1 aromatic carbocycles. The van der Waals surface area contributed by atoms with Crippen LogP contribution in [0.4, 0.5) is 11.5 Å². The lowest BCUT2D eigenvalue weighted by Crippen LogP contribution is -2.48. The van der Waals surface area contributed by atoms with Crippen LogP contribution in [0.2, 0.25) is 0 Å². The number of nitrogens with zero attached hydrogens (tertiary/aromatic N) is 3. The molecule has 0 aliphatic carbocycles. The van der Waals surface area contributed by atoms with E-state index in [1.54, 1.807) is 21.7 Å². The second-order valence-corrected chi connectivity index (χ2v) is 9.23. The minimum Gasteiger partial charge on any atom is -0.383 e. The molecule has 4 heterocycles. The van der Waals surface area contributed by atoms with E-state index >= 15 is 0 Å². The number of ether oxygens (including phenoxy) is 2. The van der Waals surface area contributed by atoms with Crippen LogP contribution in [-0.4, -0.2) is 45.4 Å². The van der Waals surface area contributed by atoms with Gasteiger partial charge in [0, 0.05) is 24.3 Å². The van der Waals surface area contributed by atoms with E-state index in [2.05, 4.69) is 15.3 Å². The van der Waals surface area contributed by atoms with Gasteiger partial charge in [-0.05, 0) is 37.5 Å². The lowest BCUT2D eigenvalue weighted by atomic mass is 10.1. The summed E-state index contributed by atoms with van der Waals surface area (Å²) in [5.74, 6) is -0.978. The van der Waals surface area contributed by atoms with Gasteiger partial charge in [-0.1, -0.05) is 6.07 Å². The van der Waals surface area contributed by atoms with Gasteiger partial charge < -0.3 is 25.4 Å². The van der Waals surface area contributed by atoms with Crippen molar-refractivity contribution in [3.8, 4) is 0 Å². The van der Waals surface area contributed by atoms with Gasteiger partial charge in [0.1, 0.15) is 5.82 Å². The van der Waals surface area contributed by atoms with Gasteiger partial charge >= 0.3 is 11.8 Å². The number of aromatic nitrogens is 2. The van der Waals surface area contributed by atoms with Crippen LogP contribution in [0.5, 0.6) is 0 Å². The van der Waals surface area contributed by atoms with Crippen molar-refractivity contribution in [3.05, 3.63) is 46.6 Å². The SMILES string of the molecule is C[C@H]([C@@H]1CCCO1)N(Cc1ccc2scnc2c1)C(=O)C(=O)Nc1cnc(N)c2c1COC2. The number of rotatable bonds is 5. The van der Waals surface area contributed by atoms with Gasteiger partial charge in [0.05, 0.1) is 53.0 Å². The highest BCUT2D eigenvalue weighted by atomic mass is 32.1. The highest BCUT2D eigenvalue weighted by Crippen LogP contribution is 2.30. The Morgan fingerprint density at radius 1 is 1.30 bits per heavy atom. The van der Waals surface area contributed by atoms with Gasteiger partial charge in [-0.25, -0.2) is 9.97 Å². The lowest BCUT2D eigenvalue weighted by Gasteiger charge is -2.32. The monoisotopic (exact) mass is 467 g/mol. The molecule has 3 N–H and O–H groups in total. The first-order valence-electron chi connectivity index (χ1n) is 10.9. The summed E-state index contributed by atoms with van der Waals surface area (Å²) in [6.07, 6.45) is 3.15. The van der Waals surface area contributed by atoms with Gasteiger partial charge in [0.2, 0.25) is 0 Å². The van der Waals surface area contributed by atoms with Crippen LogP contribution in [0.15, 0.2) is 29.9 Å². The van der Waals surface area contributed by atoms with Crippen molar-refractivity contribution in [3.63, 3.8) is 0 Å². The van der Waals surface area contributed by atoms with Crippen molar-refractivity contribution in [2.24, 2.45) is 0 Å². The predicted molar refractivity (Wildman–Crippen MR) is 124 cm³/mol. The van der Waals surface area contributed by atoms with Crippen LogP contribution in [0.3, 0.4) is 0 Å². The van der Waals surface area contributed by atoms with E-state index in [1.807, 2.05) is 25.1 Å². The number of nitrogens with one attached hydrogen (secondary N) is 1. The van der Waals surface area contributed by atoms with Gasteiger partial charge in [-0.3, -0.25) is 9.59 Å². The molecule has 172 valence electrons. The fourth-order valence-electron chi connectivity index (χ4n) is 4.39. The molecule has 1 fully saturated rings. The fraction of sp³-hybridized carbons (Fsp3) is 0.391. The Morgan fingerprint density at radius 3 is 2.97 bits per heavy atom. The Hall–Kier alpha value is -3.08. The molecule has 5 rings (SSSR count). The van der Waals surface area contributed by atoms with Crippen molar-refractivity contribution in [1.82, 2.24) is 14.9 Å². The molecule has 0 bridgehead atoms. The van der Waals surface area contributed by atoms with Crippen molar-refractivity contribution in [2.75, 3.05) is 17.7 Å². The minimum absolute atomic E-state index is 0.111. The van der Waals surface area contributed by atoms with E-state index in [0.717, 1.165) is 39.7 Å². The number of amides is 2. The van der Waals surface area contributed by atoms with Crippen LogP contribution < -0.4 is 11.1 Å². The molecule has 0 radical (unpaired) electrons. The Kier molecular flexibility index (Phi) is 5.96. The first kappa shape index (κ1) is 21.7. The van der Waals surface area contributed by atoms with E-state index < -0.39 is 11.8 Å². The number of fused-ring (bicyclic) bond motifs is 2. The molecule has 9 nitrogen and oxygen atoms in total. The first-order valence-corrected chi connectivity index (χ1v) is 11.8. The summed E-state index contributed by atoms with van der Waals surface area (Å²) in [5.41, 5.74) is 11.4. The molecule has 33 heavy (non-hydrogen) atoms. The molecular formula is C23H25N5O4S. The number of hydrogen-bond acceptors (Lipinski definition) is 8. The Morgan fingerprint density at radius 2 is 2.15 bits per heavy atom. The molecule has 3 aromatic rings. The molecule has 2 atom stereocenters. The summed E-state index contributed by atoms with van der Waals surface area (Å²) in [7, 11) is 0. The van der Waals surface area contributed by atoms with Crippen LogP contribution in [-0.2, 0) is 38.8 Å². The van der Waals surface area contributed by atoms with Gasteiger partial charge in [-0.2, -0.15) is 0 Å². The fourth-order valence-corrected chi connectivity index (χ4v) is 5.04. The zero-order valence-corrected chi connectivity index (χ0v) is 19.1. The van der Waals surface area contributed by atoms with E-state index in [9.17, 15) is 9.59 Å². The second kappa shape index (κ2) is 9.05. The maximum absolute atomic E-state index is 13.4. The summed E-state index contributed by atoms with van der Waals surface area (Å²) in [6.45, 7) is 3.53. The van der Waals surface area contributed by atoms with E-state index in [4.69, 9.17) is 15.2 Å². The molecule has 0 unspecified atom stereocenters. The third-order valence-electron chi connectivity index (χ3n) is 6.27. The van der Waals surface area contributed by atoms with Crippen LogP contribution >= 0.6 is 11.3 Å². The first-order chi connectivity index (χ1) is 16.0. The highest BCUT2D eigenvalue weighted by molar-refractivity contribution is 7.16. The number of carbonyl (C=O) groups excluding carboxylic acids is 2. The summed E-state index contributed by atoms with van der Waals surface area (Å²) >= 11 is 1.56. The molecule has 0 spiro atoms. The summed E-state index contributed by atoms with van der Waals surface area (Å²) < 4.78 is 12.4. The predicted octanol–water partition coefficient (Wildman–Crippen LogP) is 2.84. The van der Waals surface area contributed by atoms with Gasteiger partial charge in [0.15, 0.2) is 0 Å². The largest absolute Gasteiger partial charge is 0.383 e. The van der Waals surface area contributed by atoms with E-state index in [1.165, 1.54) is 6.20 Å². The Bertz CT molecular complexity index is 1210. The zero-order valence-electron chi connectivity index (χ0n) is 18.2. The van der Waals surface area contributed by atoms with Crippen LogP contribution in [0, 0.1) is 0 Å². The number of thiazole rings is 1. The number of hydrogen-bond donors (Lipinski definition) is 2. The molecule has 2 aliphatic rings. The second-order valence-electron chi connectivity index (χ2n) is 8.34. The molecule has 2 aromatic heterocycles. The third-order valence-corrected chi connectivity index (χ3v) is 7.08. The number of nitrogen functional groups attached to an aromatic ring is 1. The summed E-state index contributed by atoms with van der Waals surface area (Å²) in [5, 5.41) is 2.73. The Balaban J connectivity index is 1.39. The van der Waals surface area contributed by atoms with Gasteiger partial charge in [-0.15, -0.1) is 11.3 Å². The van der Waals surface area contributed by atoms with Crippen LogP contribution in [0.25, 0.3) is 10.2 Å². The highest BCUT2D eigenvalue weighted by Gasteiger charge is 2.34. The normalized spacial score (nSPS) is 18.3. The number of anilines is 2. The quantitative estimate of drug-likeness (QED) is 0.554. The maximum Gasteiger partial charge on any atom is 0.313 e. The maximum atomic E-state index is 13.4. The molecule has 2 aliphatic heterocycles. The smallest absolute Gasteiger partial charge is 0.313 e. The average Bonchev–Trinajstić information content (AvgIpc) is 3.59. The molecule has 0 saturated carbocycles. The van der Waals surface area contributed by atoms with E-state index in [-0.39, 0.29) is 18.7 Å². The van der Waals surface area contributed by atoms with Crippen molar-refractivity contribution >= 4 is 44.9 Å². The molecular weight excluding hydrogens is 442 g/mol. The lowest BCUT2D eigenvalue weighted by molar-refractivity contribution is -0.147. The third kappa shape index (κ3) is 4.29. The van der Waals surface area contributed by atoms with Crippen molar-refractivity contribution in [2.45, 2.75) is 51.7 Å². The standard InChI is InChI=1S/C23H25N5O4S/c1-13(19-3-2-6-32-19)28(9-14-4-5-20-17(7-14)26-12-33-20)23(30)22(29)27-18-8-25-21(24)16-11-31-10-15(16)18/h4-5,7-8,12-13,19H,2-3,6,9-11H2,1H3,(H2,24,25)(H,27,29)/t13-,19+/m1/s1. The molecule has 2 amide bonds. The van der Waals surface area contributed by atoms with Gasteiger partial charge in [0.25, 0.3) is 0 Å². The van der Waals surface area contributed by atoms with Crippen molar-refractivity contribution in [1.29, 1.82) is 0 Å². The topological polar surface area (TPSA) is 120 Å².